The van der Waals surface area contributed by atoms with Crippen LogP contribution in [-0.4, -0.2) is 38.2 Å². The number of amides is 1. The van der Waals surface area contributed by atoms with Crippen LogP contribution in [0.25, 0.3) is 0 Å². The van der Waals surface area contributed by atoms with E-state index in [9.17, 15) is 23.1 Å². The van der Waals surface area contributed by atoms with Gasteiger partial charge in [0.2, 0.25) is 10.0 Å². The number of hydrogen-bond donors (Lipinski definition) is 3. The van der Waals surface area contributed by atoms with Gasteiger partial charge >= 0.3 is 12.1 Å². The van der Waals surface area contributed by atoms with Crippen LogP contribution in [0.5, 0.6) is 0 Å². The normalized spacial score (nSPS) is 12.1. The van der Waals surface area contributed by atoms with E-state index >= 15 is 0 Å². The number of carbonyl (C=O) groups excluding carboxylic acids is 1. The van der Waals surface area contributed by atoms with Crippen LogP contribution in [-0.2, 0) is 26.2 Å². The van der Waals surface area contributed by atoms with E-state index in [4.69, 9.17) is 4.74 Å². The van der Waals surface area contributed by atoms with Gasteiger partial charge in [-0.2, -0.15) is 4.72 Å². The van der Waals surface area contributed by atoms with Gasteiger partial charge < -0.3 is 15.2 Å². The summed E-state index contributed by atoms with van der Waals surface area (Å²) in [6.07, 6.45) is 0.431. The molecule has 2 rings (SSSR count). The van der Waals surface area contributed by atoms with Crippen LogP contribution in [0, 0.1) is 0 Å². The van der Waals surface area contributed by atoms with Crippen molar-refractivity contribution in [3.8, 4) is 0 Å². The summed E-state index contributed by atoms with van der Waals surface area (Å²) in [7, 11) is -3.91. The number of aliphatic carboxylic acids is 1. The van der Waals surface area contributed by atoms with Crippen molar-refractivity contribution in [1.29, 1.82) is 0 Å². The summed E-state index contributed by atoms with van der Waals surface area (Å²) in [4.78, 5) is 23.0. The van der Waals surface area contributed by atoms with Gasteiger partial charge in [-0.1, -0.05) is 48.5 Å². The molecule has 0 heterocycles. The largest absolute Gasteiger partial charge is 0.480 e. The highest BCUT2D eigenvalue weighted by atomic mass is 32.2. The van der Waals surface area contributed by atoms with Crippen molar-refractivity contribution < 1.29 is 27.9 Å². The van der Waals surface area contributed by atoms with E-state index in [0.717, 1.165) is 5.56 Å². The molecule has 0 fully saturated rings. The maximum absolute atomic E-state index is 12.3. The van der Waals surface area contributed by atoms with E-state index in [1.165, 1.54) is 12.1 Å². The van der Waals surface area contributed by atoms with Crippen molar-refractivity contribution in [2.45, 2.75) is 36.8 Å². The number of unbranched alkanes of at least 4 members (excludes halogenated alkanes) is 1. The summed E-state index contributed by atoms with van der Waals surface area (Å²) in [5, 5.41) is 11.9. The van der Waals surface area contributed by atoms with Gasteiger partial charge in [0, 0.05) is 6.54 Å². The summed E-state index contributed by atoms with van der Waals surface area (Å²) in [6, 6.07) is 15.6. The molecule has 29 heavy (non-hydrogen) atoms. The molecule has 2 aromatic rings. The number of alkyl carbamates (subject to hydrolysis) is 1. The van der Waals surface area contributed by atoms with Gasteiger partial charge in [0.05, 0.1) is 4.90 Å². The zero-order valence-corrected chi connectivity index (χ0v) is 16.6. The van der Waals surface area contributed by atoms with Gasteiger partial charge in [-0.3, -0.25) is 4.79 Å². The van der Waals surface area contributed by atoms with Gasteiger partial charge in [-0.25, -0.2) is 13.2 Å². The molecular weight excluding hydrogens is 396 g/mol. The van der Waals surface area contributed by atoms with Crippen LogP contribution in [0.1, 0.15) is 24.8 Å². The summed E-state index contributed by atoms with van der Waals surface area (Å²) < 4.78 is 31.8. The Morgan fingerprint density at radius 3 is 2.21 bits per heavy atom. The minimum absolute atomic E-state index is 0.00841. The fourth-order valence-corrected chi connectivity index (χ4v) is 3.77. The topological polar surface area (TPSA) is 122 Å². The number of rotatable bonds is 11. The average molecular weight is 420 g/mol. The zero-order valence-electron chi connectivity index (χ0n) is 15.8. The molecular formula is C20H24N2O6S. The highest BCUT2D eigenvalue weighted by molar-refractivity contribution is 7.89. The predicted octanol–water partition coefficient (Wildman–Crippen LogP) is 2.51. The quantitative estimate of drug-likeness (QED) is 0.480. The maximum Gasteiger partial charge on any atom is 0.407 e. The van der Waals surface area contributed by atoms with Crippen LogP contribution in [0.2, 0.25) is 0 Å². The molecule has 0 spiro atoms. The first-order valence-corrected chi connectivity index (χ1v) is 10.6. The third-order valence-electron chi connectivity index (χ3n) is 4.05. The van der Waals surface area contributed by atoms with Gasteiger partial charge in [-0.05, 0) is 37.0 Å². The molecule has 9 heteroatoms. The number of nitrogens with one attached hydrogen (secondary N) is 2. The highest BCUT2D eigenvalue weighted by Crippen LogP contribution is 2.10. The molecule has 156 valence electrons. The monoisotopic (exact) mass is 420 g/mol. The molecule has 1 amide bonds. The Hall–Kier alpha value is -2.91. The lowest BCUT2D eigenvalue weighted by molar-refractivity contribution is -0.139. The molecule has 0 unspecified atom stereocenters. The Bertz CT molecular complexity index is 888. The maximum atomic E-state index is 12.3. The Morgan fingerprint density at radius 2 is 1.59 bits per heavy atom. The van der Waals surface area contributed by atoms with Gasteiger partial charge in [0.15, 0.2) is 0 Å². The summed E-state index contributed by atoms with van der Waals surface area (Å²) >= 11 is 0. The Labute approximate surface area is 169 Å². The number of ether oxygens (including phenoxy) is 1. The zero-order chi connectivity index (χ0) is 21.1. The Morgan fingerprint density at radius 1 is 0.966 bits per heavy atom. The number of carboxylic acids is 1. The summed E-state index contributed by atoms with van der Waals surface area (Å²) in [5.74, 6) is -1.25. The summed E-state index contributed by atoms with van der Waals surface area (Å²) in [5.41, 5.74) is 0.873. The molecule has 0 aliphatic heterocycles. The number of carbonyl (C=O) groups is 2. The van der Waals surface area contributed by atoms with E-state index < -0.39 is 28.1 Å². The van der Waals surface area contributed by atoms with Crippen molar-refractivity contribution in [2.75, 3.05) is 6.54 Å². The smallest absolute Gasteiger partial charge is 0.407 e. The van der Waals surface area contributed by atoms with Crippen molar-refractivity contribution in [3.63, 3.8) is 0 Å². The first-order chi connectivity index (χ1) is 13.9. The molecule has 2 aromatic carbocycles. The first-order valence-electron chi connectivity index (χ1n) is 9.13. The minimum atomic E-state index is -3.91. The van der Waals surface area contributed by atoms with E-state index in [0.29, 0.717) is 19.4 Å². The van der Waals surface area contributed by atoms with Crippen molar-refractivity contribution in [1.82, 2.24) is 10.0 Å². The second-order valence-electron chi connectivity index (χ2n) is 6.31. The van der Waals surface area contributed by atoms with E-state index in [1.54, 1.807) is 18.2 Å². The molecule has 3 N–H and O–H groups in total. The van der Waals surface area contributed by atoms with Crippen LogP contribution < -0.4 is 10.0 Å². The fourth-order valence-electron chi connectivity index (χ4n) is 2.53. The molecule has 0 aromatic heterocycles. The first kappa shape index (κ1) is 22.4. The molecule has 0 aliphatic carbocycles. The number of sulfonamides is 1. The molecule has 0 bridgehead atoms. The third-order valence-corrected chi connectivity index (χ3v) is 5.54. The second-order valence-corrected chi connectivity index (χ2v) is 8.02. The predicted molar refractivity (Wildman–Crippen MR) is 107 cm³/mol. The number of carboxylic acid groups (broad SMARTS) is 1. The lowest BCUT2D eigenvalue weighted by atomic mass is 10.1. The Kier molecular flexibility index (Phi) is 8.63. The molecule has 0 radical (unpaired) electrons. The lowest BCUT2D eigenvalue weighted by Crippen LogP contribution is -2.40. The lowest BCUT2D eigenvalue weighted by Gasteiger charge is -2.15. The molecule has 0 aliphatic rings. The van der Waals surface area contributed by atoms with Gasteiger partial charge in [0.25, 0.3) is 0 Å². The van der Waals surface area contributed by atoms with Crippen LogP contribution in [0.15, 0.2) is 65.6 Å². The van der Waals surface area contributed by atoms with Crippen molar-refractivity contribution in [2.24, 2.45) is 0 Å². The van der Waals surface area contributed by atoms with E-state index in [-0.39, 0.29) is 17.9 Å². The minimum Gasteiger partial charge on any atom is -0.480 e. The molecule has 0 saturated carbocycles. The second kappa shape index (κ2) is 11.2. The molecule has 0 saturated heterocycles. The summed E-state index contributed by atoms with van der Waals surface area (Å²) in [6.45, 7) is 0.459. The molecule has 1 atom stereocenters. The number of benzene rings is 2. The van der Waals surface area contributed by atoms with E-state index in [2.05, 4.69) is 10.0 Å². The Balaban J connectivity index is 1.70. The van der Waals surface area contributed by atoms with Gasteiger partial charge in [-0.15, -0.1) is 0 Å². The van der Waals surface area contributed by atoms with E-state index in [1.807, 2.05) is 30.3 Å². The van der Waals surface area contributed by atoms with Crippen LogP contribution >= 0.6 is 0 Å². The average Bonchev–Trinajstić information content (AvgIpc) is 2.72. The van der Waals surface area contributed by atoms with Crippen LogP contribution in [0.4, 0.5) is 4.79 Å². The molecule has 8 nitrogen and oxygen atoms in total. The SMILES string of the molecule is O=C(NCCCC[C@H](NS(=O)(=O)c1ccccc1)C(=O)O)OCc1ccccc1. The van der Waals surface area contributed by atoms with Crippen molar-refractivity contribution >= 4 is 22.1 Å². The van der Waals surface area contributed by atoms with Gasteiger partial charge in [0.1, 0.15) is 12.6 Å². The standard InChI is InChI=1S/C20H24N2O6S/c23-19(24)18(22-29(26,27)17-11-5-2-6-12-17)13-7-8-14-21-20(25)28-15-16-9-3-1-4-10-16/h1-6,9-12,18,22H,7-8,13-15H2,(H,21,25)(H,23,24)/t18-/m0/s1. The third kappa shape index (κ3) is 7.92. The van der Waals surface area contributed by atoms with Crippen LogP contribution in [0.3, 0.4) is 0 Å². The van der Waals surface area contributed by atoms with Crippen molar-refractivity contribution in [3.05, 3.63) is 66.2 Å². The fraction of sp³-hybridized carbons (Fsp3) is 0.300. The number of hydrogen-bond acceptors (Lipinski definition) is 5. The highest BCUT2D eigenvalue weighted by Gasteiger charge is 2.24.